The molecule has 1 aliphatic rings. The summed E-state index contributed by atoms with van der Waals surface area (Å²) in [4.78, 5) is 23.5. The predicted molar refractivity (Wildman–Crippen MR) is 92.1 cm³/mol. The topological polar surface area (TPSA) is 105 Å². The number of amides is 3. The van der Waals surface area contributed by atoms with Crippen LogP contribution in [0.5, 0.6) is 0 Å². The molecule has 1 saturated heterocycles. The number of urea groups is 1. The van der Waals surface area contributed by atoms with Gasteiger partial charge in [-0.1, -0.05) is 30.3 Å². The molecule has 0 aromatic heterocycles. The number of imide groups is 1. The Kier molecular flexibility index (Phi) is 6.15. The van der Waals surface area contributed by atoms with Crippen LogP contribution in [0, 0.1) is 0 Å². The van der Waals surface area contributed by atoms with Gasteiger partial charge in [-0.2, -0.15) is 0 Å². The van der Waals surface area contributed by atoms with Crippen LogP contribution in [-0.2, 0) is 25.1 Å². The van der Waals surface area contributed by atoms with Gasteiger partial charge < -0.3 is 4.74 Å². The number of benzene rings is 1. The molecule has 8 nitrogen and oxygen atoms in total. The fraction of sp³-hybridized carbons (Fsp3) is 0.500. The molecule has 0 unspecified atom stereocenters. The van der Waals surface area contributed by atoms with Gasteiger partial charge in [0.05, 0.1) is 11.3 Å². The summed E-state index contributed by atoms with van der Waals surface area (Å²) in [5, 5.41) is 2.14. The number of carbonyl (C=O) groups excluding carboxylic acids is 2. The van der Waals surface area contributed by atoms with E-state index in [0.29, 0.717) is 0 Å². The zero-order valence-corrected chi connectivity index (χ0v) is 15.1. The van der Waals surface area contributed by atoms with Crippen molar-refractivity contribution in [3.8, 4) is 0 Å². The van der Waals surface area contributed by atoms with Crippen LogP contribution in [0.25, 0.3) is 0 Å². The maximum atomic E-state index is 12.2. The van der Waals surface area contributed by atoms with Gasteiger partial charge >= 0.3 is 6.03 Å². The molecule has 1 aliphatic heterocycles. The molecule has 0 bridgehead atoms. The van der Waals surface area contributed by atoms with Crippen LogP contribution in [0.1, 0.15) is 25.8 Å². The van der Waals surface area contributed by atoms with E-state index in [4.69, 9.17) is 4.74 Å². The maximum absolute atomic E-state index is 12.2. The van der Waals surface area contributed by atoms with Gasteiger partial charge in [0.25, 0.3) is 0 Å². The summed E-state index contributed by atoms with van der Waals surface area (Å²) in [6.45, 7) is 3.70. The largest absolute Gasteiger partial charge is 0.361 e. The first-order chi connectivity index (χ1) is 11.7. The summed E-state index contributed by atoms with van der Waals surface area (Å²) in [5.41, 5.74) is 0.161. The van der Waals surface area contributed by atoms with Gasteiger partial charge in [0, 0.05) is 6.61 Å². The average molecular weight is 369 g/mol. The lowest BCUT2D eigenvalue weighted by atomic mass is 9.96. The Bertz CT molecular complexity index is 719. The SMILES string of the molecule is CC(C)(NS(=O)(=O)CCCOCN1CC(=O)NC1=O)c1ccccc1. The molecule has 9 heteroatoms. The Balaban J connectivity index is 1.74. The van der Waals surface area contributed by atoms with Crippen LogP contribution >= 0.6 is 0 Å². The van der Waals surface area contributed by atoms with Gasteiger partial charge in [-0.3, -0.25) is 15.0 Å². The first kappa shape index (κ1) is 19.4. The molecule has 0 radical (unpaired) electrons. The van der Waals surface area contributed by atoms with E-state index in [0.717, 1.165) is 5.56 Å². The summed E-state index contributed by atoms with van der Waals surface area (Å²) >= 11 is 0. The van der Waals surface area contributed by atoms with Crippen molar-refractivity contribution in [2.75, 3.05) is 25.6 Å². The molecule has 25 heavy (non-hydrogen) atoms. The van der Waals surface area contributed by atoms with Crippen molar-refractivity contribution in [1.29, 1.82) is 0 Å². The molecule has 1 fully saturated rings. The highest BCUT2D eigenvalue weighted by Gasteiger charge is 2.27. The normalized spacial score (nSPS) is 15.5. The van der Waals surface area contributed by atoms with Crippen LogP contribution in [0.4, 0.5) is 4.79 Å². The first-order valence-electron chi connectivity index (χ1n) is 7.93. The third-order valence-electron chi connectivity index (χ3n) is 3.72. The number of nitrogens with zero attached hydrogens (tertiary/aromatic N) is 1. The lowest BCUT2D eigenvalue weighted by Crippen LogP contribution is -2.42. The second kappa shape index (κ2) is 7.94. The third kappa shape index (κ3) is 5.80. The molecule has 1 heterocycles. The van der Waals surface area contributed by atoms with E-state index in [1.165, 1.54) is 4.90 Å². The number of ether oxygens (including phenoxy) is 1. The van der Waals surface area contributed by atoms with Gasteiger partial charge in [-0.05, 0) is 25.8 Å². The van der Waals surface area contributed by atoms with E-state index in [9.17, 15) is 18.0 Å². The smallest absolute Gasteiger partial charge is 0.326 e. The Morgan fingerprint density at radius 2 is 1.92 bits per heavy atom. The van der Waals surface area contributed by atoms with Crippen LogP contribution in [-0.4, -0.2) is 50.9 Å². The number of sulfonamides is 1. The van der Waals surface area contributed by atoms with E-state index < -0.39 is 21.6 Å². The van der Waals surface area contributed by atoms with Crippen molar-refractivity contribution in [3.05, 3.63) is 35.9 Å². The summed E-state index contributed by atoms with van der Waals surface area (Å²) in [6, 6.07) is 8.84. The van der Waals surface area contributed by atoms with Crippen molar-refractivity contribution in [3.63, 3.8) is 0 Å². The van der Waals surface area contributed by atoms with E-state index in [-0.39, 0.29) is 38.0 Å². The number of hydrogen-bond acceptors (Lipinski definition) is 5. The summed E-state index contributed by atoms with van der Waals surface area (Å²) in [7, 11) is -3.48. The summed E-state index contributed by atoms with van der Waals surface area (Å²) in [6.07, 6.45) is 0.281. The second-order valence-corrected chi connectivity index (χ2v) is 8.20. The molecule has 0 spiro atoms. The zero-order valence-electron chi connectivity index (χ0n) is 14.3. The fourth-order valence-electron chi connectivity index (χ4n) is 2.47. The van der Waals surface area contributed by atoms with Crippen molar-refractivity contribution < 1.29 is 22.7 Å². The number of hydrogen-bond donors (Lipinski definition) is 2. The standard InChI is InChI=1S/C16H23N3O5S/c1-16(2,13-7-4-3-5-8-13)18-25(22,23)10-6-9-24-12-19-11-14(20)17-15(19)21/h3-5,7-8,18H,6,9-12H2,1-2H3,(H,17,20,21). The van der Waals surface area contributed by atoms with E-state index in [2.05, 4.69) is 10.0 Å². The molecular formula is C16H23N3O5S. The minimum absolute atomic E-state index is 0.0377. The molecule has 1 aromatic rings. The summed E-state index contributed by atoms with van der Waals surface area (Å²) in [5.74, 6) is -0.461. The molecule has 3 amide bonds. The highest BCUT2D eigenvalue weighted by Crippen LogP contribution is 2.20. The maximum Gasteiger partial charge on any atom is 0.326 e. The second-order valence-electron chi connectivity index (χ2n) is 6.35. The van der Waals surface area contributed by atoms with Crippen LogP contribution < -0.4 is 10.0 Å². The van der Waals surface area contributed by atoms with Gasteiger partial charge in [0.2, 0.25) is 15.9 Å². The molecule has 1 aromatic carbocycles. The van der Waals surface area contributed by atoms with E-state index >= 15 is 0 Å². The minimum atomic E-state index is -3.48. The van der Waals surface area contributed by atoms with E-state index in [1.54, 1.807) is 13.8 Å². The zero-order chi connectivity index (χ0) is 18.5. The Hall–Kier alpha value is -1.97. The van der Waals surface area contributed by atoms with Crippen LogP contribution in [0.2, 0.25) is 0 Å². The predicted octanol–water partition coefficient (Wildman–Crippen LogP) is 0.757. The molecule has 0 saturated carbocycles. The highest BCUT2D eigenvalue weighted by molar-refractivity contribution is 7.89. The average Bonchev–Trinajstić information content (AvgIpc) is 2.84. The van der Waals surface area contributed by atoms with E-state index in [1.807, 2.05) is 30.3 Å². The first-order valence-corrected chi connectivity index (χ1v) is 9.58. The molecule has 2 rings (SSSR count). The Labute approximate surface area is 147 Å². The number of rotatable bonds is 9. The van der Waals surface area contributed by atoms with Crippen molar-refractivity contribution in [1.82, 2.24) is 14.9 Å². The van der Waals surface area contributed by atoms with Gasteiger partial charge in [-0.15, -0.1) is 0 Å². The molecular weight excluding hydrogens is 346 g/mol. The molecule has 138 valence electrons. The monoisotopic (exact) mass is 369 g/mol. The van der Waals surface area contributed by atoms with Crippen LogP contribution in [0.3, 0.4) is 0 Å². The third-order valence-corrected chi connectivity index (χ3v) is 5.37. The Morgan fingerprint density at radius 3 is 2.52 bits per heavy atom. The minimum Gasteiger partial charge on any atom is -0.361 e. The molecule has 0 atom stereocenters. The molecule has 0 aliphatic carbocycles. The summed E-state index contributed by atoms with van der Waals surface area (Å²) < 4.78 is 32.5. The van der Waals surface area contributed by atoms with Gasteiger partial charge in [0.1, 0.15) is 13.3 Å². The van der Waals surface area contributed by atoms with Crippen molar-refractivity contribution >= 4 is 22.0 Å². The number of carbonyl (C=O) groups is 2. The van der Waals surface area contributed by atoms with Crippen molar-refractivity contribution in [2.45, 2.75) is 25.8 Å². The fourth-order valence-corrected chi connectivity index (χ4v) is 3.96. The lowest BCUT2D eigenvalue weighted by molar-refractivity contribution is -0.118. The quantitative estimate of drug-likeness (QED) is 0.494. The van der Waals surface area contributed by atoms with Crippen molar-refractivity contribution in [2.24, 2.45) is 0 Å². The van der Waals surface area contributed by atoms with Gasteiger partial charge in [-0.25, -0.2) is 17.9 Å². The van der Waals surface area contributed by atoms with Crippen LogP contribution in [0.15, 0.2) is 30.3 Å². The lowest BCUT2D eigenvalue weighted by Gasteiger charge is -2.26. The van der Waals surface area contributed by atoms with Gasteiger partial charge in [0.15, 0.2) is 0 Å². The highest BCUT2D eigenvalue weighted by atomic mass is 32.2. The number of nitrogens with one attached hydrogen (secondary N) is 2. The molecule has 2 N–H and O–H groups in total. The Morgan fingerprint density at radius 1 is 1.24 bits per heavy atom.